The standard InChI is InChI=1S/C27H24F6N4O/c1-6-12-7-8-13-14(9-12)23(38)22-17(13)34-18-15(10(2)3)20-21(16(11(4)5)19(18)35-22)37-25(27(31,32)33)24(36-20)26(28,29)30/h7-11,24,36H,6H2,1-5H3. The summed E-state index contributed by atoms with van der Waals surface area (Å²) in [7, 11) is 0. The largest absolute Gasteiger partial charge is 0.431 e. The molecule has 1 aromatic heterocycles. The molecule has 11 heteroatoms. The van der Waals surface area contributed by atoms with Crippen LogP contribution in [0.3, 0.4) is 0 Å². The number of nitrogens with zero attached hydrogens (tertiary/aromatic N) is 3. The summed E-state index contributed by atoms with van der Waals surface area (Å²) in [5.74, 6) is -1.30. The number of benzene rings is 2. The third-order valence-corrected chi connectivity index (χ3v) is 6.94. The highest BCUT2D eigenvalue weighted by Crippen LogP contribution is 2.50. The maximum atomic E-state index is 13.9. The Kier molecular flexibility index (Phi) is 5.85. The van der Waals surface area contributed by atoms with Crippen molar-refractivity contribution < 1.29 is 31.1 Å². The number of ketones is 1. The van der Waals surface area contributed by atoms with Gasteiger partial charge in [-0.25, -0.2) is 15.0 Å². The summed E-state index contributed by atoms with van der Waals surface area (Å²) in [6.45, 7) is 8.73. The number of rotatable bonds is 3. The molecule has 3 aromatic rings. The van der Waals surface area contributed by atoms with E-state index in [2.05, 4.69) is 15.3 Å². The average molecular weight is 535 g/mol. The molecule has 5 nitrogen and oxygen atoms in total. The molecule has 0 saturated carbocycles. The Balaban J connectivity index is 1.91. The number of aliphatic imine (C=N–C) groups is 1. The van der Waals surface area contributed by atoms with Crippen LogP contribution < -0.4 is 5.32 Å². The zero-order valence-electron chi connectivity index (χ0n) is 21.2. The number of hydrogen-bond donors (Lipinski definition) is 1. The van der Waals surface area contributed by atoms with Crippen LogP contribution in [0.4, 0.5) is 37.7 Å². The van der Waals surface area contributed by atoms with Crippen LogP contribution in [0.5, 0.6) is 0 Å². The lowest BCUT2D eigenvalue weighted by Gasteiger charge is -2.33. The molecule has 2 aliphatic rings. The van der Waals surface area contributed by atoms with E-state index in [0.29, 0.717) is 23.2 Å². The third-order valence-electron chi connectivity index (χ3n) is 6.94. The van der Waals surface area contributed by atoms with Gasteiger partial charge in [0.25, 0.3) is 0 Å². The summed E-state index contributed by atoms with van der Waals surface area (Å²) in [4.78, 5) is 26.3. The number of aryl methyl sites for hydroxylation is 1. The molecular weight excluding hydrogens is 510 g/mol. The van der Waals surface area contributed by atoms with Gasteiger partial charge in [-0.15, -0.1) is 0 Å². The monoisotopic (exact) mass is 534 g/mol. The molecule has 2 aromatic carbocycles. The second kappa shape index (κ2) is 8.51. The highest BCUT2D eigenvalue weighted by atomic mass is 19.4. The van der Waals surface area contributed by atoms with Crippen LogP contribution in [0.1, 0.15) is 79.2 Å². The first-order valence-electron chi connectivity index (χ1n) is 12.2. The fraction of sp³-hybridized carbons (Fsp3) is 0.407. The summed E-state index contributed by atoms with van der Waals surface area (Å²) in [6, 6.07) is 2.36. The second-order valence-corrected chi connectivity index (χ2v) is 10.2. The smallest absolute Gasteiger partial charge is 0.367 e. The number of anilines is 1. The summed E-state index contributed by atoms with van der Waals surface area (Å²) >= 11 is 0. The Morgan fingerprint density at radius 2 is 1.50 bits per heavy atom. The van der Waals surface area contributed by atoms with Crippen molar-refractivity contribution >= 4 is 33.9 Å². The first-order valence-corrected chi connectivity index (χ1v) is 12.2. The van der Waals surface area contributed by atoms with E-state index < -0.39 is 35.9 Å². The van der Waals surface area contributed by atoms with E-state index in [1.54, 1.807) is 39.8 Å². The van der Waals surface area contributed by atoms with Gasteiger partial charge in [-0.05, 0) is 29.9 Å². The number of halogens is 6. The number of carbonyl (C=O) groups excluding carboxylic acids is 1. The predicted octanol–water partition coefficient (Wildman–Crippen LogP) is 7.64. The van der Waals surface area contributed by atoms with Crippen LogP contribution in [0, 0.1) is 0 Å². The van der Waals surface area contributed by atoms with Crippen molar-refractivity contribution in [2.75, 3.05) is 5.32 Å². The summed E-state index contributed by atoms with van der Waals surface area (Å²) in [6.07, 6.45) is -9.88. The van der Waals surface area contributed by atoms with E-state index in [1.165, 1.54) is 0 Å². The number of hydrogen-bond acceptors (Lipinski definition) is 5. The van der Waals surface area contributed by atoms with Crippen LogP contribution in [0.25, 0.3) is 22.3 Å². The lowest BCUT2D eigenvalue weighted by atomic mass is 9.88. The van der Waals surface area contributed by atoms with Crippen LogP contribution in [-0.4, -0.2) is 39.9 Å². The molecule has 0 amide bonds. The Morgan fingerprint density at radius 1 is 0.895 bits per heavy atom. The van der Waals surface area contributed by atoms with Crippen molar-refractivity contribution in [1.29, 1.82) is 0 Å². The molecule has 5 rings (SSSR count). The fourth-order valence-corrected chi connectivity index (χ4v) is 5.22. The first kappa shape index (κ1) is 26.1. The zero-order valence-corrected chi connectivity index (χ0v) is 21.2. The summed E-state index contributed by atoms with van der Waals surface area (Å²) in [5.41, 5.74) is 0.775. The van der Waals surface area contributed by atoms with Crippen molar-refractivity contribution in [2.24, 2.45) is 4.99 Å². The highest BCUT2D eigenvalue weighted by Gasteiger charge is 2.55. The zero-order chi connectivity index (χ0) is 27.9. The molecule has 0 radical (unpaired) electrons. The van der Waals surface area contributed by atoms with Gasteiger partial charge in [0, 0.05) is 22.3 Å². The minimum atomic E-state index is -5.33. The van der Waals surface area contributed by atoms with Crippen LogP contribution in [0.15, 0.2) is 23.2 Å². The van der Waals surface area contributed by atoms with Crippen molar-refractivity contribution in [3.05, 3.63) is 46.1 Å². The summed E-state index contributed by atoms with van der Waals surface area (Å²) in [5, 5.41) is 2.13. The molecule has 0 bridgehead atoms. The minimum Gasteiger partial charge on any atom is -0.367 e. The van der Waals surface area contributed by atoms with Crippen LogP contribution >= 0.6 is 0 Å². The van der Waals surface area contributed by atoms with Gasteiger partial charge in [0.05, 0.1) is 22.4 Å². The van der Waals surface area contributed by atoms with Gasteiger partial charge in [-0.2, -0.15) is 26.3 Å². The number of alkyl halides is 6. The van der Waals surface area contributed by atoms with Gasteiger partial charge in [0.2, 0.25) is 5.78 Å². The Morgan fingerprint density at radius 3 is 2.05 bits per heavy atom. The second-order valence-electron chi connectivity index (χ2n) is 10.2. The minimum absolute atomic E-state index is 0.0641. The van der Waals surface area contributed by atoms with Crippen LogP contribution in [-0.2, 0) is 6.42 Å². The van der Waals surface area contributed by atoms with E-state index in [-0.39, 0.29) is 45.0 Å². The van der Waals surface area contributed by atoms with Gasteiger partial charge >= 0.3 is 12.4 Å². The molecule has 1 unspecified atom stereocenters. The number of fused-ring (bicyclic) bond motifs is 5. The van der Waals surface area contributed by atoms with Crippen molar-refractivity contribution in [3.63, 3.8) is 0 Å². The SMILES string of the molecule is CCc1ccc2c(c1)C(=O)c1nc3c(C(C)C)c4c(c(C(C)C)c3nc1-2)NC(C(F)(F)F)C(C(F)(F)F)=N4. The third kappa shape index (κ3) is 3.85. The Hall–Kier alpha value is -3.50. The molecule has 1 aliphatic heterocycles. The van der Waals surface area contributed by atoms with Crippen molar-refractivity contribution in [3.8, 4) is 11.3 Å². The lowest BCUT2D eigenvalue weighted by Crippen LogP contribution is -2.50. The van der Waals surface area contributed by atoms with Crippen molar-refractivity contribution in [1.82, 2.24) is 9.97 Å². The molecule has 1 aliphatic carbocycles. The lowest BCUT2D eigenvalue weighted by molar-refractivity contribution is -0.138. The number of nitrogens with one attached hydrogen (secondary N) is 1. The maximum Gasteiger partial charge on any atom is 0.431 e. The fourth-order valence-electron chi connectivity index (χ4n) is 5.22. The average Bonchev–Trinajstić information content (AvgIpc) is 3.09. The maximum absolute atomic E-state index is 13.9. The molecule has 0 saturated heterocycles. The molecule has 0 fully saturated rings. The van der Waals surface area contributed by atoms with Gasteiger partial charge in [-0.1, -0.05) is 46.8 Å². The molecule has 200 valence electrons. The normalized spacial score (nSPS) is 17.0. The molecule has 1 N–H and O–H groups in total. The highest BCUT2D eigenvalue weighted by molar-refractivity contribution is 6.21. The first-order chi connectivity index (χ1) is 17.6. The van der Waals surface area contributed by atoms with E-state index in [4.69, 9.17) is 4.98 Å². The Bertz CT molecular complexity index is 1540. The van der Waals surface area contributed by atoms with Crippen LogP contribution in [0.2, 0.25) is 0 Å². The van der Waals surface area contributed by atoms with E-state index >= 15 is 0 Å². The van der Waals surface area contributed by atoms with E-state index in [0.717, 1.165) is 5.56 Å². The number of carbonyl (C=O) groups is 1. The predicted molar refractivity (Wildman–Crippen MR) is 133 cm³/mol. The van der Waals surface area contributed by atoms with Gasteiger partial charge < -0.3 is 5.32 Å². The van der Waals surface area contributed by atoms with E-state index in [1.807, 2.05) is 13.0 Å². The topological polar surface area (TPSA) is 67.2 Å². The van der Waals surface area contributed by atoms with Gasteiger partial charge in [-0.3, -0.25) is 4.79 Å². The number of aromatic nitrogens is 2. The molecule has 38 heavy (non-hydrogen) atoms. The van der Waals surface area contributed by atoms with E-state index in [9.17, 15) is 31.1 Å². The van der Waals surface area contributed by atoms with Gasteiger partial charge in [0.1, 0.15) is 11.4 Å². The van der Waals surface area contributed by atoms with Gasteiger partial charge in [0.15, 0.2) is 11.8 Å². The Labute approximate surface area is 214 Å². The summed E-state index contributed by atoms with van der Waals surface area (Å²) < 4.78 is 83.1. The molecule has 2 heterocycles. The quantitative estimate of drug-likeness (QED) is 0.274. The molecular formula is C27H24F6N4O. The van der Waals surface area contributed by atoms with Crippen molar-refractivity contribution in [2.45, 2.75) is 71.3 Å². The molecule has 1 atom stereocenters. The molecule has 0 spiro atoms.